The summed E-state index contributed by atoms with van der Waals surface area (Å²) in [6.07, 6.45) is 3.89. The molecule has 0 N–H and O–H groups in total. The molecule has 25 heavy (non-hydrogen) atoms. The number of thiazole rings is 1. The van der Waals surface area contributed by atoms with Crippen LogP contribution in [-0.2, 0) is 6.54 Å². The van der Waals surface area contributed by atoms with Crippen LogP contribution in [0.4, 0.5) is 0 Å². The molecule has 0 amide bonds. The van der Waals surface area contributed by atoms with Crippen molar-refractivity contribution < 1.29 is 4.57 Å². The van der Waals surface area contributed by atoms with Crippen molar-refractivity contribution in [2.75, 3.05) is 0 Å². The number of hydrogen-bond donors (Lipinski definition) is 0. The molecule has 0 saturated heterocycles. The summed E-state index contributed by atoms with van der Waals surface area (Å²) in [5.41, 5.74) is 6.37. The molecule has 3 nitrogen and oxygen atoms in total. The van der Waals surface area contributed by atoms with Crippen LogP contribution in [0.5, 0.6) is 0 Å². The first-order chi connectivity index (χ1) is 12.4. The summed E-state index contributed by atoms with van der Waals surface area (Å²) in [4.78, 5) is 4.34. The molecule has 0 bridgehead atoms. The van der Waals surface area contributed by atoms with Gasteiger partial charge in [-0.1, -0.05) is 41.7 Å². The fourth-order valence-electron chi connectivity index (χ4n) is 3.90. The van der Waals surface area contributed by atoms with Crippen LogP contribution in [-0.4, -0.2) is 9.55 Å². The van der Waals surface area contributed by atoms with Crippen LogP contribution in [0.15, 0.2) is 73.1 Å². The summed E-state index contributed by atoms with van der Waals surface area (Å²) < 4.78 is 6.19. The van der Waals surface area contributed by atoms with Crippen molar-refractivity contribution in [1.82, 2.24) is 9.55 Å². The molecule has 2 aromatic carbocycles. The number of hydrogen-bond acceptors (Lipinski definition) is 2. The van der Waals surface area contributed by atoms with E-state index in [0.29, 0.717) is 0 Å². The SMILES string of the molecule is c1ccc(-n2c3ccccc3c3sc4[n+](c32)Cc2ccncc2-4)cc1. The highest BCUT2D eigenvalue weighted by atomic mass is 32.1. The van der Waals surface area contributed by atoms with Gasteiger partial charge in [0.2, 0.25) is 0 Å². The van der Waals surface area contributed by atoms with Gasteiger partial charge in [-0.25, -0.2) is 4.57 Å². The fraction of sp³-hybridized carbons (Fsp3) is 0.0476. The summed E-state index contributed by atoms with van der Waals surface area (Å²) in [6, 6.07) is 21.5. The Bertz CT molecular complexity index is 1260. The van der Waals surface area contributed by atoms with Crippen molar-refractivity contribution in [3.63, 3.8) is 0 Å². The van der Waals surface area contributed by atoms with Crippen LogP contribution in [0.2, 0.25) is 0 Å². The molecule has 6 rings (SSSR count). The van der Waals surface area contributed by atoms with Gasteiger partial charge >= 0.3 is 5.65 Å². The van der Waals surface area contributed by atoms with E-state index in [0.717, 1.165) is 6.54 Å². The Morgan fingerprint density at radius 2 is 1.80 bits per heavy atom. The minimum Gasteiger partial charge on any atom is -0.264 e. The zero-order chi connectivity index (χ0) is 16.4. The lowest BCUT2D eigenvalue weighted by Gasteiger charge is -2.01. The first kappa shape index (κ1) is 13.3. The average molecular weight is 340 g/mol. The van der Waals surface area contributed by atoms with Crippen LogP contribution in [0.25, 0.3) is 37.5 Å². The summed E-state index contributed by atoms with van der Waals surface area (Å²) in [6.45, 7) is 0.913. The van der Waals surface area contributed by atoms with Crippen molar-refractivity contribution in [1.29, 1.82) is 0 Å². The Kier molecular flexibility index (Phi) is 2.54. The molecule has 1 aliphatic rings. The van der Waals surface area contributed by atoms with Crippen molar-refractivity contribution in [2.24, 2.45) is 0 Å². The minimum atomic E-state index is 0.913. The van der Waals surface area contributed by atoms with Crippen molar-refractivity contribution in [3.05, 3.63) is 78.6 Å². The summed E-state index contributed by atoms with van der Waals surface area (Å²) in [5, 5.41) is 2.63. The number of aromatic nitrogens is 3. The maximum atomic E-state index is 4.34. The molecular formula is C21H14N3S+. The lowest BCUT2D eigenvalue weighted by molar-refractivity contribution is -0.644. The van der Waals surface area contributed by atoms with Crippen LogP contribution in [0, 0.1) is 0 Å². The smallest absolute Gasteiger partial charge is 0.264 e. The standard InChI is InChI=1S/C21H14N3S/c1-2-6-15(7-3-1)24-18-9-5-4-8-16(18)19-20(24)23-13-14-10-11-22-12-17(14)21(23)25-19/h1-12H,13H2/q+1. The van der Waals surface area contributed by atoms with E-state index in [4.69, 9.17) is 0 Å². The van der Waals surface area contributed by atoms with Gasteiger partial charge in [0, 0.05) is 23.3 Å². The number of nitrogens with zero attached hydrogens (tertiary/aromatic N) is 3. The van der Waals surface area contributed by atoms with Gasteiger partial charge in [0.05, 0.1) is 5.56 Å². The van der Waals surface area contributed by atoms with E-state index >= 15 is 0 Å². The maximum absolute atomic E-state index is 4.34. The molecule has 3 aromatic heterocycles. The molecule has 0 atom stereocenters. The molecule has 118 valence electrons. The van der Waals surface area contributed by atoms with Crippen LogP contribution >= 0.6 is 11.3 Å². The summed E-state index contributed by atoms with van der Waals surface area (Å²) in [7, 11) is 0. The Morgan fingerprint density at radius 1 is 0.960 bits per heavy atom. The highest BCUT2D eigenvalue weighted by Gasteiger charge is 2.33. The number of fused-ring (bicyclic) bond motifs is 7. The Balaban J connectivity index is 1.79. The maximum Gasteiger partial charge on any atom is 0.306 e. The van der Waals surface area contributed by atoms with Crippen LogP contribution in [0.3, 0.4) is 0 Å². The molecule has 4 heterocycles. The predicted molar refractivity (Wildman–Crippen MR) is 101 cm³/mol. The van der Waals surface area contributed by atoms with Crippen molar-refractivity contribution in [3.8, 4) is 16.3 Å². The molecular weight excluding hydrogens is 326 g/mol. The average Bonchev–Trinajstić information content (AvgIpc) is 3.30. The van der Waals surface area contributed by atoms with E-state index in [2.05, 4.69) is 74.8 Å². The molecule has 0 aliphatic carbocycles. The number of para-hydroxylation sites is 2. The highest BCUT2D eigenvalue weighted by Crippen LogP contribution is 2.40. The molecule has 0 unspecified atom stereocenters. The van der Waals surface area contributed by atoms with Crippen LogP contribution in [0.1, 0.15) is 5.56 Å². The topological polar surface area (TPSA) is 21.7 Å². The van der Waals surface area contributed by atoms with E-state index < -0.39 is 0 Å². The minimum absolute atomic E-state index is 0.913. The molecule has 0 saturated carbocycles. The Labute approximate surface area is 148 Å². The predicted octanol–water partition coefficient (Wildman–Crippen LogP) is 4.56. The van der Waals surface area contributed by atoms with E-state index in [9.17, 15) is 0 Å². The number of pyridine rings is 1. The zero-order valence-corrected chi connectivity index (χ0v) is 14.2. The van der Waals surface area contributed by atoms with Gasteiger partial charge in [-0.05, 0) is 30.3 Å². The van der Waals surface area contributed by atoms with Gasteiger partial charge in [-0.3, -0.25) is 4.98 Å². The molecule has 1 aliphatic heterocycles. The van der Waals surface area contributed by atoms with E-state index in [-0.39, 0.29) is 0 Å². The fourth-order valence-corrected chi connectivity index (χ4v) is 5.22. The third-order valence-corrected chi connectivity index (χ3v) is 6.23. The van der Waals surface area contributed by atoms with E-state index in [1.165, 1.54) is 43.1 Å². The lowest BCUT2D eigenvalue weighted by Crippen LogP contribution is -2.32. The Hall–Kier alpha value is -2.98. The molecule has 5 aromatic rings. The van der Waals surface area contributed by atoms with Gasteiger partial charge in [0.1, 0.15) is 22.4 Å². The second-order valence-electron chi connectivity index (χ2n) is 6.37. The monoisotopic (exact) mass is 340 g/mol. The van der Waals surface area contributed by atoms with Gasteiger partial charge in [0.25, 0.3) is 0 Å². The van der Waals surface area contributed by atoms with Gasteiger partial charge < -0.3 is 0 Å². The van der Waals surface area contributed by atoms with Crippen molar-refractivity contribution in [2.45, 2.75) is 6.54 Å². The molecule has 0 fully saturated rings. The first-order valence-electron chi connectivity index (χ1n) is 8.36. The normalized spacial score (nSPS) is 12.6. The van der Waals surface area contributed by atoms with Gasteiger partial charge in [-0.15, -0.1) is 0 Å². The highest BCUT2D eigenvalue weighted by molar-refractivity contribution is 7.22. The molecule has 4 heteroatoms. The van der Waals surface area contributed by atoms with Crippen molar-refractivity contribution >= 4 is 32.6 Å². The second-order valence-corrected chi connectivity index (χ2v) is 7.37. The van der Waals surface area contributed by atoms with E-state index in [1.54, 1.807) is 0 Å². The van der Waals surface area contributed by atoms with Gasteiger partial charge in [0.15, 0.2) is 5.01 Å². The van der Waals surface area contributed by atoms with Gasteiger partial charge in [-0.2, -0.15) is 4.57 Å². The van der Waals surface area contributed by atoms with E-state index in [1.807, 2.05) is 23.7 Å². The van der Waals surface area contributed by atoms with Crippen LogP contribution < -0.4 is 4.57 Å². The molecule has 0 radical (unpaired) electrons. The third-order valence-electron chi connectivity index (χ3n) is 4.99. The third kappa shape index (κ3) is 1.69. The summed E-state index contributed by atoms with van der Waals surface area (Å²) >= 11 is 1.88. The zero-order valence-electron chi connectivity index (χ0n) is 13.4. The molecule has 0 spiro atoms. The number of benzene rings is 2. The second kappa shape index (κ2) is 4.77. The Morgan fingerprint density at radius 3 is 2.72 bits per heavy atom. The quantitative estimate of drug-likeness (QED) is 0.402. The largest absolute Gasteiger partial charge is 0.306 e. The first-order valence-corrected chi connectivity index (χ1v) is 9.18. The lowest BCUT2D eigenvalue weighted by atomic mass is 10.2. The number of rotatable bonds is 1. The summed E-state index contributed by atoms with van der Waals surface area (Å²) in [5.74, 6) is 0.